The molecule has 1 heterocycles. The first-order valence-electron chi connectivity index (χ1n) is 8.11. The van der Waals surface area contributed by atoms with Crippen LogP contribution < -0.4 is 0 Å². The van der Waals surface area contributed by atoms with Crippen LogP contribution in [0.1, 0.15) is 27.3 Å². The minimum atomic E-state index is 0.0337. The van der Waals surface area contributed by atoms with Crippen LogP contribution in [0.2, 0.25) is 0 Å². The van der Waals surface area contributed by atoms with Crippen molar-refractivity contribution >= 4 is 5.91 Å². The molecule has 0 aliphatic carbocycles. The zero-order valence-electron chi connectivity index (χ0n) is 14.4. The summed E-state index contributed by atoms with van der Waals surface area (Å²) in [7, 11) is 1.84. The number of carbonyl (C=O) groups is 1. The molecule has 0 aliphatic heterocycles. The number of amides is 1. The van der Waals surface area contributed by atoms with Crippen LogP contribution >= 0.6 is 0 Å². The molecule has 0 spiro atoms. The van der Waals surface area contributed by atoms with Crippen molar-refractivity contribution in [3.63, 3.8) is 0 Å². The Labute approximate surface area is 143 Å². The van der Waals surface area contributed by atoms with Crippen molar-refractivity contribution in [2.75, 3.05) is 7.05 Å². The third kappa shape index (κ3) is 3.25. The average molecular weight is 318 g/mol. The monoisotopic (exact) mass is 318 g/mol. The third-order valence-electron chi connectivity index (χ3n) is 4.25. The maximum absolute atomic E-state index is 12.6. The predicted molar refractivity (Wildman–Crippen MR) is 97.5 cm³/mol. The molecule has 3 aromatic rings. The Kier molecular flexibility index (Phi) is 4.52. The molecule has 122 valence electrons. The number of hydrogen-bond donors (Lipinski definition) is 0. The molecule has 3 rings (SSSR count). The van der Waals surface area contributed by atoms with Gasteiger partial charge in [0.2, 0.25) is 0 Å². The van der Waals surface area contributed by atoms with E-state index in [4.69, 9.17) is 0 Å². The quantitative estimate of drug-likeness (QED) is 0.701. The molecule has 3 nitrogen and oxygen atoms in total. The predicted octanol–water partition coefficient (Wildman–Crippen LogP) is 4.37. The van der Waals surface area contributed by atoms with Crippen LogP contribution in [0.4, 0.5) is 0 Å². The van der Waals surface area contributed by atoms with E-state index in [0.717, 1.165) is 11.3 Å². The van der Waals surface area contributed by atoms with Gasteiger partial charge in [0.25, 0.3) is 5.91 Å². The van der Waals surface area contributed by atoms with Crippen molar-refractivity contribution in [3.05, 3.63) is 89.2 Å². The van der Waals surface area contributed by atoms with Gasteiger partial charge in [-0.1, -0.05) is 30.3 Å². The first-order chi connectivity index (χ1) is 11.6. The van der Waals surface area contributed by atoms with Crippen LogP contribution in [0.3, 0.4) is 0 Å². The smallest absolute Gasteiger partial charge is 0.253 e. The van der Waals surface area contributed by atoms with Gasteiger partial charge in [0.05, 0.1) is 0 Å². The summed E-state index contributed by atoms with van der Waals surface area (Å²) in [5, 5.41) is 0. The Balaban J connectivity index is 1.77. The van der Waals surface area contributed by atoms with Gasteiger partial charge in [-0.25, -0.2) is 0 Å². The van der Waals surface area contributed by atoms with Crippen LogP contribution in [-0.4, -0.2) is 22.4 Å². The van der Waals surface area contributed by atoms with Crippen LogP contribution in [-0.2, 0) is 6.54 Å². The third-order valence-corrected chi connectivity index (χ3v) is 4.25. The van der Waals surface area contributed by atoms with E-state index in [-0.39, 0.29) is 5.91 Å². The van der Waals surface area contributed by atoms with E-state index in [1.807, 2.05) is 61.6 Å². The molecule has 1 amide bonds. The van der Waals surface area contributed by atoms with Crippen molar-refractivity contribution in [1.82, 2.24) is 9.47 Å². The summed E-state index contributed by atoms with van der Waals surface area (Å²) in [5.74, 6) is 0.0337. The molecular formula is C21H22N2O. The van der Waals surface area contributed by atoms with Gasteiger partial charge in [0.15, 0.2) is 0 Å². The van der Waals surface area contributed by atoms with E-state index in [0.29, 0.717) is 12.1 Å². The number of hydrogen-bond acceptors (Lipinski definition) is 1. The highest BCUT2D eigenvalue weighted by molar-refractivity contribution is 5.94. The number of nitrogens with zero attached hydrogens (tertiary/aromatic N) is 2. The van der Waals surface area contributed by atoms with Gasteiger partial charge >= 0.3 is 0 Å². The standard InChI is InChI=1S/C21H22N2O/c1-16-9-10-17(2)23(16)20-13-11-19(12-14-20)21(24)22(3)15-18-7-5-4-6-8-18/h4-14H,15H2,1-3H3. The Hall–Kier alpha value is -2.81. The molecule has 0 fully saturated rings. The fourth-order valence-electron chi connectivity index (χ4n) is 2.98. The minimum absolute atomic E-state index is 0.0337. The Morgan fingerprint density at radius 1 is 0.875 bits per heavy atom. The van der Waals surface area contributed by atoms with E-state index in [1.54, 1.807) is 4.90 Å². The van der Waals surface area contributed by atoms with Gasteiger partial charge in [-0.2, -0.15) is 0 Å². The minimum Gasteiger partial charge on any atom is -0.337 e. The maximum Gasteiger partial charge on any atom is 0.253 e. The Bertz CT molecular complexity index is 813. The van der Waals surface area contributed by atoms with Crippen LogP contribution in [0.25, 0.3) is 5.69 Å². The molecule has 1 aromatic heterocycles. The highest BCUT2D eigenvalue weighted by Gasteiger charge is 2.12. The zero-order valence-corrected chi connectivity index (χ0v) is 14.4. The summed E-state index contributed by atoms with van der Waals surface area (Å²) in [6, 6.07) is 22.0. The largest absolute Gasteiger partial charge is 0.337 e. The SMILES string of the molecule is Cc1ccc(C)n1-c1ccc(C(=O)N(C)Cc2ccccc2)cc1. The van der Waals surface area contributed by atoms with E-state index in [9.17, 15) is 4.79 Å². The number of rotatable bonds is 4. The van der Waals surface area contributed by atoms with Crippen LogP contribution in [0.15, 0.2) is 66.7 Å². The van der Waals surface area contributed by atoms with E-state index >= 15 is 0 Å². The fraction of sp³-hybridized carbons (Fsp3) is 0.190. The van der Waals surface area contributed by atoms with E-state index in [2.05, 4.69) is 30.5 Å². The first kappa shape index (κ1) is 16.1. The summed E-state index contributed by atoms with van der Waals surface area (Å²) in [5.41, 5.74) is 5.29. The molecule has 2 aromatic carbocycles. The molecule has 24 heavy (non-hydrogen) atoms. The van der Waals surface area contributed by atoms with Crippen molar-refractivity contribution in [2.45, 2.75) is 20.4 Å². The maximum atomic E-state index is 12.6. The van der Waals surface area contributed by atoms with Crippen molar-refractivity contribution in [1.29, 1.82) is 0 Å². The van der Waals surface area contributed by atoms with Gasteiger partial charge in [0, 0.05) is 36.2 Å². The summed E-state index contributed by atoms with van der Waals surface area (Å²) < 4.78 is 2.18. The summed E-state index contributed by atoms with van der Waals surface area (Å²) in [6.07, 6.45) is 0. The van der Waals surface area contributed by atoms with E-state index in [1.165, 1.54) is 11.4 Å². The highest BCUT2D eigenvalue weighted by Crippen LogP contribution is 2.17. The number of benzene rings is 2. The molecule has 3 heteroatoms. The Morgan fingerprint density at radius 2 is 1.46 bits per heavy atom. The van der Waals surface area contributed by atoms with Crippen molar-refractivity contribution in [2.24, 2.45) is 0 Å². The first-order valence-corrected chi connectivity index (χ1v) is 8.11. The second-order valence-corrected chi connectivity index (χ2v) is 6.15. The van der Waals surface area contributed by atoms with Crippen LogP contribution in [0, 0.1) is 13.8 Å². The fourth-order valence-corrected chi connectivity index (χ4v) is 2.98. The average Bonchev–Trinajstić information content (AvgIpc) is 2.94. The number of aromatic nitrogens is 1. The van der Waals surface area contributed by atoms with Gasteiger partial charge in [-0.15, -0.1) is 0 Å². The lowest BCUT2D eigenvalue weighted by atomic mass is 10.1. The molecule has 0 radical (unpaired) electrons. The molecule has 0 saturated heterocycles. The summed E-state index contributed by atoms with van der Waals surface area (Å²) in [6.45, 7) is 4.77. The molecule has 0 saturated carbocycles. The zero-order chi connectivity index (χ0) is 17.1. The summed E-state index contributed by atoms with van der Waals surface area (Å²) in [4.78, 5) is 14.3. The topological polar surface area (TPSA) is 25.2 Å². The second kappa shape index (κ2) is 6.75. The van der Waals surface area contributed by atoms with Gasteiger partial charge in [0.1, 0.15) is 0 Å². The van der Waals surface area contributed by atoms with Gasteiger partial charge in [-0.05, 0) is 55.8 Å². The normalized spacial score (nSPS) is 10.6. The van der Waals surface area contributed by atoms with Crippen molar-refractivity contribution in [3.8, 4) is 5.69 Å². The lowest BCUT2D eigenvalue weighted by Crippen LogP contribution is -2.26. The molecule has 0 unspecified atom stereocenters. The van der Waals surface area contributed by atoms with Gasteiger partial charge < -0.3 is 9.47 Å². The summed E-state index contributed by atoms with van der Waals surface area (Å²) >= 11 is 0. The molecule has 0 bridgehead atoms. The highest BCUT2D eigenvalue weighted by atomic mass is 16.2. The second-order valence-electron chi connectivity index (χ2n) is 6.15. The molecule has 0 atom stereocenters. The molecule has 0 aliphatic rings. The number of aryl methyl sites for hydroxylation is 2. The lowest BCUT2D eigenvalue weighted by Gasteiger charge is -2.18. The Morgan fingerprint density at radius 3 is 2.04 bits per heavy atom. The number of carbonyl (C=O) groups excluding carboxylic acids is 1. The van der Waals surface area contributed by atoms with Crippen molar-refractivity contribution < 1.29 is 4.79 Å². The molecular weight excluding hydrogens is 296 g/mol. The van der Waals surface area contributed by atoms with Gasteiger partial charge in [-0.3, -0.25) is 4.79 Å². The van der Waals surface area contributed by atoms with E-state index < -0.39 is 0 Å². The lowest BCUT2D eigenvalue weighted by molar-refractivity contribution is 0.0785. The molecule has 0 N–H and O–H groups in total. The van der Waals surface area contributed by atoms with Crippen LogP contribution in [0.5, 0.6) is 0 Å².